The molecule has 0 saturated heterocycles. The summed E-state index contributed by atoms with van der Waals surface area (Å²) in [6.07, 6.45) is 7.37. The normalized spacial score (nSPS) is 16.3. The van der Waals surface area contributed by atoms with E-state index in [1.165, 1.54) is 25.7 Å². The Morgan fingerprint density at radius 3 is 2.82 bits per heavy atom. The van der Waals surface area contributed by atoms with Crippen molar-refractivity contribution in [3.05, 3.63) is 11.9 Å². The number of anilines is 2. The molecule has 1 aromatic heterocycles. The average molecular weight is 234 g/mol. The van der Waals surface area contributed by atoms with E-state index >= 15 is 0 Å². The van der Waals surface area contributed by atoms with Crippen LogP contribution in [-0.2, 0) is 6.42 Å². The second kappa shape index (κ2) is 5.84. The van der Waals surface area contributed by atoms with Gasteiger partial charge in [0.25, 0.3) is 0 Å². The number of nitrogens with zero attached hydrogens (tertiary/aromatic N) is 2. The van der Waals surface area contributed by atoms with Gasteiger partial charge in [-0.1, -0.05) is 19.8 Å². The van der Waals surface area contributed by atoms with Crippen LogP contribution < -0.4 is 11.1 Å². The molecule has 1 aliphatic carbocycles. The predicted molar refractivity (Wildman–Crippen MR) is 70.9 cm³/mol. The van der Waals surface area contributed by atoms with Crippen LogP contribution in [0.1, 0.15) is 44.9 Å². The van der Waals surface area contributed by atoms with Crippen LogP contribution in [0.4, 0.5) is 11.6 Å². The maximum atomic E-state index is 5.78. The molecular formula is C13H22N4. The van der Waals surface area contributed by atoms with Gasteiger partial charge < -0.3 is 11.1 Å². The Hall–Kier alpha value is -1.32. The van der Waals surface area contributed by atoms with E-state index in [0.29, 0.717) is 5.82 Å². The lowest BCUT2D eigenvalue weighted by Gasteiger charge is -2.12. The third kappa shape index (κ3) is 3.58. The van der Waals surface area contributed by atoms with E-state index in [1.807, 2.05) is 6.07 Å². The third-order valence-electron chi connectivity index (χ3n) is 3.31. The molecule has 2 rings (SSSR count). The first-order valence-corrected chi connectivity index (χ1v) is 6.65. The van der Waals surface area contributed by atoms with Gasteiger partial charge in [0.1, 0.15) is 17.5 Å². The second-order valence-electron chi connectivity index (χ2n) is 4.88. The molecule has 1 fully saturated rings. The molecule has 1 aliphatic rings. The zero-order chi connectivity index (χ0) is 12.1. The third-order valence-corrected chi connectivity index (χ3v) is 3.31. The van der Waals surface area contributed by atoms with Crippen molar-refractivity contribution in [2.75, 3.05) is 17.6 Å². The molecule has 1 heterocycles. The molecular weight excluding hydrogens is 212 g/mol. The van der Waals surface area contributed by atoms with E-state index in [2.05, 4.69) is 22.2 Å². The van der Waals surface area contributed by atoms with E-state index in [0.717, 1.165) is 36.9 Å². The Labute approximate surface area is 103 Å². The highest BCUT2D eigenvalue weighted by atomic mass is 15.0. The lowest BCUT2D eigenvalue weighted by atomic mass is 10.1. The minimum absolute atomic E-state index is 0.567. The van der Waals surface area contributed by atoms with Crippen LogP contribution in [0.25, 0.3) is 0 Å². The average Bonchev–Trinajstić information content (AvgIpc) is 2.79. The second-order valence-corrected chi connectivity index (χ2v) is 4.88. The molecule has 94 valence electrons. The fourth-order valence-electron chi connectivity index (χ4n) is 2.41. The van der Waals surface area contributed by atoms with Crippen LogP contribution in [-0.4, -0.2) is 16.5 Å². The van der Waals surface area contributed by atoms with Crippen LogP contribution >= 0.6 is 0 Å². The highest BCUT2D eigenvalue weighted by Gasteiger charge is 2.14. The minimum atomic E-state index is 0.567. The maximum Gasteiger partial charge on any atom is 0.133 e. The summed E-state index contributed by atoms with van der Waals surface area (Å²) in [5.41, 5.74) is 5.78. The van der Waals surface area contributed by atoms with Crippen LogP contribution in [0.15, 0.2) is 6.07 Å². The number of hydrogen-bond donors (Lipinski definition) is 2. The van der Waals surface area contributed by atoms with Gasteiger partial charge in [0, 0.05) is 19.0 Å². The highest BCUT2D eigenvalue weighted by molar-refractivity contribution is 5.44. The van der Waals surface area contributed by atoms with Crippen molar-refractivity contribution in [1.29, 1.82) is 0 Å². The van der Waals surface area contributed by atoms with Gasteiger partial charge in [-0.2, -0.15) is 0 Å². The van der Waals surface area contributed by atoms with Crippen molar-refractivity contribution in [1.82, 2.24) is 9.97 Å². The Kier molecular flexibility index (Phi) is 4.18. The highest BCUT2D eigenvalue weighted by Crippen LogP contribution is 2.24. The summed E-state index contributed by atoms with van der Waals surface area (Å²) >= 11 is 0. The van der Waals surface area contributed by atoms with Gasteiger partial charge in [-0.25, -0.2) is 9.97 Å². The largest absolute Gasteiger partial charge is 0.384 e. The summed E-state index contributed by atoms with van der Waals surface area (Å²) in [6.45, 7) is 3.14. The molecule has 0 bridgehead atoms. The zero-order valence-electron chi connectivity index (χ0n) is 10.6. The van der Waals surface area contributed by atoms with Gasteiger partial charge >= 0.3 is 0 Å². The van der Waals surface area contributed by atoms with Crippen molar-refractivity contribution in [3.63, 3.8) is 0 Å². The number of nitrogens with two attached hydrogens (primary N) is 1. The number of nitrogens with one attached hydrogen (secondary N) is 1. The minimum Gasteiger partial charge on any atom is -0.384 e. The SMILES string of the molecule is CCCc1nc(N)cc(NCC2CCCC2)n1. The van der Waals surface area contributed by atoms with Gasteiger partial charge in [-0.05, 0) is 25.2 Å². The summed E-state index contributed by atoms with van der Waals surface area (Å²) in [4.78, 5) is 8.71. The van der Waals surface area contributed by atoms with E-state index < -0.39 is 0 Å². The molecule has 4 heteroatoms. The fourth-order valence-corrected chi connectivity index (χ4v) is 2.41. The van der Waals surface area contributed by atoms with Gasteiger partial charge in [0.05, 0.1) is 0 Å². The molecule has 1 aromatic rings. The van der Waals surface area contributed by atoms with Gasteiger partial charge in [-0.3, -0.25) is 0 Å². The lowest BCUT2D eigenvalue weighted by Crippen LogP contribution is -2.13. The molecule has 0 spiro atoms. The monoisotopic (exact) mass is 234 g/mol. The molecule has 0 aliphatic heterocycles. The van der Waals surface area contributed by atoms with Crippen molar-refractivity contribution in [3.8, 4) is 0 Å². The Balaban J connectivity index is 1.94. The van der Waals surface area contributed by atoms with E-state index in [-0.39, 0.29) is 0 Å². The van der Waals surface area contributed by atoms with Crippen LogP contribution in [0.5, 0.6) is 0 Å². The molecule has 0 atom stereocenters. The summed E-state index contributed by atoms with van der Waals surface area (Å²) in [5, 5.41) is 3.40. The van der Waals surface area contributed by atoms with E-state index in [9.17, 15) is 0 Å². The first-order valence-electron chi connectivity index (χ1n) is 6.65. The molecule has 0 unspecified atom stereocenters. The maximum absolute atomic E-state index is 5.78. The van der Waals surface area contributed by atoms with Crippen molar-refractivity contribution < 1.29 is 0 Å². The first kappa shape index (κ1) is 12.1. The van der Waals surface area contributed by atoms with E-state index in [4.69, 9.17) is 5.73 Å². The molecule has 0 aromatic carbocycles. The molecule has 0 amide bonds. The smallest absolute Gasteiger partial charge is 0.133 e. The molecule has 17 heavy (non-hydrogen) atoms. The first-order chi connectivity index (χ1) is 8.28. The molecule has 3 N–H and O–H groups in total. The lowest BCUT2D eigenvalue weighted by molar-refractivity contribution is 0.578. The topological polar surface area (TPSA) is 63.8 Å². The number of aromatic nitrogens is 2. The number of nitrogen functional groups attached to an aromatic ring is 1. The summed E-state index contributed by atoms with van der Waals surface area (Å²) < 4.78 is 0. The quantitative estimate of drug-likeness (QED) is 0.822. The summed E-state index contributed by atoms with van der Waals surface area (Å²) in [7, 11) is 0. The summed E-state index contributed by atoms with van der Waals surface area (Å²) in [6, 6.07) is 1.83. The fraction of sp³-hybridized carbons (Fsp3) is 0.692. The van der Waals surface area contributed by atoms with Crippen molar-refractivity contribution in [2.45, 2.75) is 45.4 Å². The van der Waals surface area contributed by atoms with Crippen molar-refractivity contribution >= 4 is 11.6 Å². The van der Waals surface area contributed by atoms with Crippen LogP contribution in [0, 0.1) is 5.92 Å². The number of rotatable bonds is 5. The Morgan fingerprint density at radius 2 is 2.12 bits per heavy atom. The van der Waals surface area contributed by atoms with Crippen molar-refractivity contribution in [2.24, 2.45) is 5.92 Å². The molecule has 0 radical (unpaired) electrons. The Morgan fingerprint density at radius 1 is 1.35 bits per heavy atom. The standard InChI is InChI=1S/C13H22N4/c1-2-5-12-16-11(14)8-13(17-12)15-9-10-6-3-4-7-10/h8,10H,2-7,9H2,1H3,(H3,14,15,16,17). The van der Waals surface area contributed by atoms with Gasteiger partial charge in [0.15, 0.2) is 0 Å². The number of hydrogen-bond acceptors (Lipinski definition) is 4. The van der Waals surface area contributed by atoms with Crippen LogP contribution in [0.2, 0.25) is 0 Å². The Bertz CT molecular complexity index is 358. The molecule has 4 nitrogen and oxygen atoms in total. The van der Waals surface area contributed by atoms with E-state index in [1.54, 1.807) is 0 Å². The van der Waals surface area contributed by atoms with Crippen LogP contribution in [0.3, 0.4) is 0 Å². The van der Waals surface area contributed by atoms with Gasteiger partial charge in [-0.15, -0.1) is 0 Å². The number of aryl methyl sites for hydroxylation is 1. The summed E-state index contributed by atoms with van der Waals surface area (Å²) in [5.74, 6) is 3.10. The predicted octanol–water partition coefficient (Wildman–Crippen LogP) is 2.61. The zero-order valence-corrected chi connectivity index (χ0v) is 10.6. The molecule has 1 saturated carbocycles. The van der Waals surface area contributed by atoms with Gasteiger partial charge in [0.2, 0.25) is 0 Å².